The second-order valence-electron chi connectivity index (χ2n) is 9.22. The molecule has 3 aliphatic heterocycles. The lowest BCUT2D eigenvalue weighted by Gasteiger charge is -2.41. The van der Waals surface area contributed by atoms with E-state index in [2.05, 4.69) is 16.3 Å². The zero-order valence-corrected chi connectivity index (χ0v) is 17.3. The van der Waals surface area contributed by atoms with Crippen molar-refractivity contribution in [1.29, 1.82) is 0 Å². The molecule has 28 heavy (non-hydrogen) atoms. The number of nitrogens with one attached hydrogen (secondary N) is 1. The Labute approximate surface area is 168 Å². The van der Waals surface area contributed by atoms with Crippen LogP contribution in [-0.4, -0.2) is 60.9 Å². The fourth-order valence-electron chi connectivity index (χ4n) is 5.33. The van der Waals surface area contributed by atoms with Crippen LogP contribution in [-0.2, 0) is 4.79 Å². The Morgan fingerprint density at radius 1 is 1.00 bits per heavy atom. The van der Waals surface area contributed by atoms with Gasteiger partial charge in [0, 0.05) is 38.3 Å². The summed E-state index contributed by atoms with van der Waals surface area (Å²) >= 11 is 0. The Morgan fingerprint density at radius 2 is 1.71 bits per heavy atom. The lowest BCUT2D eigenvalue weighted by Crippen LogP contribution is -2.50. The maximum atomic E-state index is 13.1. The number of aryl methyl sites for hydroxylation is 2. The van der Waals surface area contributed by atoms with Gasteiger partial charge in [0.05, 0.1) is 5.92 Å². The van der Waals surface area contributed by atoms with Gasteiger partial charge in [-0.05, 0) is 70.0 Å². The smallest absolute Gasteiger partial charge is 0.253 e. The number of carbonyl (C=O) groups excluding carboxylic acids is 2. The lowest BCUT2D eigenvalue weighted by atomic mass is 9.77. The van der Waals surface area contributed by atoms with Crippen molar-refractivity contribution in [3.63, 3.8) is 0 Å². The molecule has 1 aromatic carbocycles. The average Bonchev–Trinajstić information content (AvgIpc) is 3.15. The zero-order valence-electron chi connectivity index (χ0n) is 17.3. The summed E-state index contributed by atoms with van der Waals surface area (Å²) in [5.74, 6) is 0.289. The quantitative estimate of drug-likeness (QED) is 0.854. The zero-order chi connectivity index (χ0) is 19.7. The normalized spacial score (nSPS) is 24.6. The molecular formula is C23H33N3O2. The van der Waals surface area contributed by atoms with Crippen LogP contribution >= 0.6 is 0 Å². The molecule has 1 unspecified atom stereocenters. The highest BCUT2D eigenvalue weighted by molar-refractivity contribution is 5.95. The third kappa shape index (κ3) is 3.95. The average molecular weight is 384 g/mol. The first-order valence-corrected chi connectivity index (χ1v) is 10.8. The van der Waals surface area contributed by atoms with Gasteiger partial charge in [0.1, 0.15) is 0 Å². The van der Waals surface area contributed by atoms with Gasteiger partial charge in [-0.1, -0.05) is 17.2 Å². The van der Waals surface area contributed by atoms with E-state index in [1.54, 1.807) is 0 Å². The summed E-state index contributed by atoms with van der Waals surface area (Å²) in [6.45, 7) is 9.34. The molecular weight excluding hydrogens is 350 g/mol. The van der Waals surface area contributed by atoms with Gasteiger partial charge in [-0.3, -0.25) is 9.59 Å². The van der Waals surface area contributed by atoms with Gasteiger partial charge in [0.25, 0.3) is 5.91 Å². The number of carbonyl (C=O) groups is 2. The Balaban J connectivity index is 1.38. The van der Waals surface area contributed by atoms with Crippen LogP contribution in [0.1, 0.15) is 53.6 Å². The Bertz CT molecular complexity index is 724. The summed E-state index contributed by atoms with van der Waals surface area (Å²) in [5.41, 5.74) is 3.39. The predicted molar refractivity (Wildman–Crippen MR) is 110 cm³/mol. The first-order valence-electron chi connectivity index (χ1n) is 10.8. The molecule has 3 heterocycles. The summed E-state index contributed by atoms with van der Waals surface area (Å²) in [6.07, 6.45) is 5.29. The van der Waals surface area contributed by atoms with Gasteiger partial charge in [-0.2, -0.15) is 0 Å². The highest BCUT2D eigenvalue weighted by atomic mass is 16.2. The van der Waals surface area contributed by atoms with Crippen molar-refractivity contribution >= 4 is 11.8 Å². The van der Waals surface area contributed by atoms with Gasteiger partial charge in [0.15, 0.2) is 0 Å². The van der Waals surface area contributed by atoms with E-state index in [9.17, 15) is 9.59 Å². The number of likely N-dealkylation sites (tertiary alicyclic amines) is 2. The minimum Gasteiger partial charge on any atom is -0.342 e. The van der Waals surface area contributed by atoms with Gasteiger partial charge in [-0.25, -0.2) is 0 Å². The summed E-state index contributed by atoms with van der Waals surface area (Å²) in [6, 6.07) is 6.00. The van der Waals surface area contributed by atoms with Gasteiger partial charge >= 0.3 is 0 Å². The maximum absolute atomic E-state index is 13.1. The molecule has 3 saturated heterocycles. The summed E-state index contributed by atoms with van der Waals surface area (Å²) in [5, 5.41) is 3.48. The number of piperidine rings is 2. The largest absolute Gasteiger partial charge is 0.342 e. The van der Waals surface area contributed by atoms with Crippen LogP contribution in [0.15, 0.2) is 18.2 Å². The lowest BCUT2D eigenvalue weighted by molar-refractivity contribution is -0.139. The fraction of sp³-hybridized carbons (Fsp3) is 0.652. The molecule has 1 aromatic rings. The standard InChI is InChI=1S/C23H33N3O2/c1-17-12-18(2)14-20(13-17)22(28)26-9-3-4-19(15-26)21(27)25-10-6-23(7-11-25)5-8-24-16-23/h12-14,19,24H,3-11,15-16H2,1-2H3. The molecule has 5 nitrogen and oxygen atoms in total. The van der Waals surface area contributed by atoms with E-state index in [1.165, 1.54) is 6.42 Å². The molecule has 4 rings (SSSR count). The van der Waals surface area contributed by atoms with Crippen molar-refractivity contribution in [2.24, 2.45) is 11.3 Å². The Morgan fingerprint density at radius 3 is 2.36 bits per heavy atom. The van der Waals surface area contributed by atoms with Gasteiger partial charge < -0.3 is 15.1 Å². The molecule has 3 fully saturated rings. The molecule has 0 bridgehead atoms. The van der Waals surface area contributed by atoms with Crippen LogP contribution in [0.4, 0.5) is 0 Å². The van der Waals surface area contributed by atoms with Crippen LogP contribution in [0.2, 0.25) is 0 Å². The molecule has 0 radical (unpaired) electrons. The number of rotatable bonds is 2. The third-order valence-corrected chi connectivity index (χ3v) is 6.99. The van der Waals surface area contributed by atoms with Gasteiger partial charge in [-0.15, -0.1) is 0 Å². The number of nitrogens with zero attached hydrogens (tertiary/aromatic N) is 2. The van der Waals surface area contributed by atoms with Crippen molar-refractivity contribution in [2.45, 2.75) is 46.0 Å². The molecule has 0 aliphatic carbocycles. The van der Waals surface area contributed by atoms with Crippen molar-refractivity contribution in [1.82, 2.24) is 15.1 Å². The Kier molecular flexibility index (Phi) is 5.46. The van der Waals surface area contributed by atoms with E-state index in [0.717, 1.165) is 75.1 Å². The molecule has 0 saturated carbocycles. The van der Waals surface area contributed by atoms with Crippen molar-refractivity contribution in [2.75, 3.05) is 39.3 Å². The first kappa shape index (κ1) is 19.4. The Hall–Kier alpha value is -1.88. The van der Waals surface area contributed by atoms with Crippen molar-refractivity contribution in [3.05, 3.63) is 34.9 Å². The number of hydrogen-bond acceptors (Lipinski definition) is 3. The maximum Gasteiger partial charge on any atom is 0.253 e. The summed E-state index contributed by atoms with van der Waals surface area (Å²) in [4.78, 5) is 30.1. The highest BCUT2D eigenvalue weighted by Gasteiger charge is 2.40. The second kappa shape index (κ2) is 7.86. The van der Waals surface area contributed by atoms with E-state index in [1.807, 2.05) is 30.9 Å². The predicted octanol–water partition coefficient (Wildman–Crippen LogP) is 2.76. The van der Waals surface area contributed by atoms with Crippen LogP contribution in [0, 0.1) is 25.2 Å². The van der Waals surface area contributed by atoms with E-state index >= 15 is 0 Å². The SMILES string of the molecule is Cc1cc(C)cc(C(=O)N2CCCC(C(=O)N3CCC4(CCNC4)CC3)C2)c1. The minimum atomic E-state index is -0.0423. The molecule has 1 atom stereocenters. The van der Waals surface area contributed by atoms with E-state index < -0.39 is 0 Å². The topological polar surface area (TPSA) is 52.7 Å². The van der Waals surface area contributed by atoms with Crippen LogP contribution in [0.3, 0.4) is 0 Å². The van der Waals surface area contributed by atoms with E-state index in [0.29, 0.717) is 12.0 Å². The fourth-order valence-corrected chi connectivity index (χ4v) is 5.33. The second-order valence-corrected chi connectivity index (χ2v) is 9.22. The molecule has 1 spiro atoms. The van der Waals surface area contributed by atoms with Crippen LogP contribution in [0.25, 0.3) is 0 Å². The summed E-state index contributed by atoms with van der Waals surface area (Å²) in [7, 11) is 0. The molecule has 1 N–H and O–H groups in total. The number of hydrogen-bond donors (Lipinski definition) is 1. The van der Waals surface area contributed by atoms with E-state index in [-0.39, 0.29) is 17.7 Å². The summed E-state index contributed by atoms with van der Waals surface area (Å²) < 4.78 is 0. The molecule has 152 valence electrons. The number of benzene rings is 1. The highest BCUT2D eigenvalue weighted by Crippen LogP contribution is 2.37. The minimum absolute atomic E-state index is 0.0423. The molecule has 2 amide bonds. The van der Waals surface area contributed by atoms with Crippen LogP contribution in [0.5, 0.6) is 0 Å². The number of amides is 2. The van der Waals surface area contributed by atoms with Crippen molar-refractivity contribution in [3.8, 4) is 0 Å². The van der Waals surface area contributed by atoms with Crippen LogP contribution < -0.4 is 5.32 Å². The van der Waals surface area contributed by atoms with Crippen molar-refractivity contribution < 1.29 is 9.59 Å². The van der Waals surface area contributed by atoms with Gasteiger partial charge in [0.2, 0.25) is 5.91 Å². The molecule has 0 aromatic heterocycles. The third-order valence-electron chi connectivity index (χ3n) is 6.99. The first-order chi connectivity index (χ1) is 13.5. The molecule has 5 heteroatoms. The van der Waals surface area contributed by atoms with E-state index in [4.69, 9.17) is 0 Å². The molecule has 3 aliphatic rings. The monoisotopic (exact) mass is 383 g/mol.